The summed E-state index contributed by atoms with van der Waals surface area (Å²) in [5.41, 5.74) is 1.65. The highest BCUT2D eigenvalue weighted by Gasteiger charge is 2.09. The average molecular weight is 499 g/mol. The van der Waals surface area contributed by atoms with Crippen molar-refractivity contribution in [2.75, 3.05) is 29.2 Å². The van der Waals surface area contributed by atoms with Gasteiger partial charge in [-0.05, 0) is 43.2 Å². The molecule has 0 aliphatic heterocycles. The first-order chi connectivity index (χ1) is 17.6. The van der Waals surface area contributed by atoms with Crippen LogP contribution in [0.2, 0.25) is 0 Å². The van der Waals surface area contributed by atoms with Crippen molar-refractivity contribution in [1.29, 1.82) is 0 Å². The maximum absolute atomic E-state index is 14.2. The number of nitrogens with zero attached hydrogens (tertiary/aromatic N) is 3. The molecule has 0 saturated heterocycles. The second kappa shape index (κ2) is 17.4. The Hall–Kier alpha value is -4.05. The summed E-state index contributed by atoms with van der Waals surface area (Å²) < 4.78 is 19.7. The van der Waals surface area contributed by atoms with Crippen LogP contribution in [0.3, 0.4) is 0 Å². The number of pyridine rings is 1. The number of benzene rings is 1. The second-order valence-corrected chi connectivity index (χ2v) is 6.58. The summed E-state index contributed by atoms with van der Waals surface area (Å²) in [4.78, 5) is 23.8. The lowest BCUT2D eigenvalue weighted by Crippen LogP contribution is -2.07. The number of anilines is 5. The minimum atomic E-state index is -0.638. The molecule has 0 aliphatic carbocycles. The van der Waals surface area contributed by atoms with E-state index in [9.17, 15) is 9.18 Å². The Morgan fingerprint density at radius 3 is 2.44 bits per heavy atom. The first-order valence-electron chi connectivity index (χ1n) is 11.9. The van der Waals surface area contributed by atoms with Gasteiger partial charge < -0.3 is 25.8 Å². The number of ether oxygens (including phenoxy) is 1. The third-order valence-electron chi connectivity index (χ3n) is 4.12. The highest BCUT2D eigenvalue weighted by Crippen LogP contribution is 2.23. The fourth-order valence-corrected chi connectivity index (χ4v) is 2.58. The monoisotopic (exact) mass is 498 g/mol. The van der Waals surface area contributed by atoms with Crippen LogP contribution in [0.25, 0.3) is 0 Å². The van der Waals surface area contributed by atoms with Crippen molar-refractivity contribution in [1.82, 2.24) is 15.0 Å². The number of unbranched alkanes of at least 4 members (excludes halogenated alkanes) is 1. The molecule has 1 aromatic carbocycles. The number of rotatable bonds is 11. The summed E-state index contributed by atoms with van der Waals surface area (Å²) in [6, 6.07) is 10.2. The maximum Gasteiger partial charge on any atom is 0.247 e. The Morgan fingerprint density at radius 2 is 1.78 bits per heavy atom. The number of carbonyl (C=O) groups excluding carboxylic acids is 1. The predicted molar refractivity (Wildman–Crippen MR) is 143 cm³/mol. The molecule has 0 spiro atoms. The fourth-order valence-electron chi connectivity index (χ4n) is 2.58. The number of hydrogen-bond donors (Lipinski definition) is 4. The van der Waals surface area contributed by atoms with E-state index in [-0.39, 0.29) is 24.3 Å². The number of amides is 1. The minimum absolute atomic E-state index is 0.0357. The third kappa shape index (κ3) is 10.5. The van der Waals surface area contributed by atoms with Crippen LogP contribution >= 0.6 is 0 Å². The van der Waals surface area contributed by atoms with E-state index in [0.29, 0.717) is 36.0 Å². The van der Waals surface area contributed by atoms with Crippen LogP contribution in [-0.4, -0.2) is 39.2 Å². The van der Waals surface area contributed by atoms with Gasteiger partial charge in [-0.25, -0.2) is 14.4 Å². The Morgan fingerprint density at radius 1 is 1.03 bits per heavy atom. The molecule has 1 amide bonds. The van der Waals surface area contributed by atoms with Crippen LogP contribution in [-0.2, 0) is 4.79 Å². The highest BCUT2D eigenvalue weighted by molar-refractivity contribution is 5.99. The number of hydrogen-bond acceptors (Lipinski definition) is 8. The van der Waals surface area contributed by atoms with Gasteiger partial charge in [-0.3, -0.25) is 4.79 Å². The molecule has 0 atom stereocenters. The Balaban J connectivity index is 0.00000154. The highest BCUT2D eigenvalue weighted by atomic mass is 19.1. The van der Waals surface area contributed by atoms with Crippen molar-refractivity contribution in [2.24, 2.45) is 0 Å². The first-order valence-corrected chi connectivity index (χ1v) is 11.9. The van der Waals surface area contributed by atoms with E-state index < -0.39 is 5.82 Å². The molecule has 0 radical (unpaired) electrons. The van der Waals surface area contributed by atoms with E-state index in [4.69, 9.17) is 9.84 Å². The van der Waals surface area contributed by atoms with Gasteiger partial charge in [0.25, 0.3) is 0 Å². The molecule has 3 aromatic rings. The van der Waals surface area contributed by atoms with Gasteiger partial charge in [0, 0.05) is 24.0 Å². The quantitative estimate of drug-likeness (QED) is 0.193. The van der Waals surface area contributed by atoms with Crippen LogP contribution in [0.15, 0.2) is 61.4 Å². The number of carbonyl (C=O) groups is 1. The Kier molecular flexibility index (Phi) is 14.5. The summed E-state index contributed by atoms with van der Waals surface area (Å²) in [6.45, 7) is 12.0. The summed E-state index contributed by atoms with van der Waals surface area (Å²) in [7, 11) is 0. The van der Waals surface area contributed by atoms with E-state index in [1.165, 1.54) is 0 Å². The van der Waals surface area contributed by atoms with Crippen molar-refractivity contribution in [3.05, 3.63) is 67.3 Å². The Bertz CT molecular complexity index is 1060. The number of nitrogens with one attached hydrogen (secondary N) is 3. The Labute approximate surface area is 211 Å². The van der Waals surface area contributed by atoms with E-state index >= 15 is 0 Å². The van der Waals surface area contributed by atoms with E-state index in [0.717, 1.165) is 18.7 Å². The second-order valence-electron chi connectivity index (χ2n) is 6.58. The van der Waals surface area contributed by atoms with Crippen molar-refractivity contribution >= 4 is 34.7 Å². The van der Waals surface area contributed by atoms with Crippen molar-refractivity contribution in [2.45, 2.75) is 40.5 Å². The molecule has 36 heavy (non-hydrogen) atoms. The van der Waals surface area contributed by atoms with Gasteiger partial charge in [0.15, 0.2) is 11.6 Å². The van der Waals surface area contributed by atoms with Crippen molar-refractivity contribution < 1.29 is 19.0 Å². The maximum atomic E-state index is 14.2. The van der Waals surface area contributed by atoms with Gasteiger partial charge in [0.1, 0.15) is 0 Å². The molecule has 0 aliphatic rings. The number of halogens is 1. The molecular formula is C26H35FN6O3. The normalized spacial score (nSPS) is 9.50. The predicted octanol–water partition coefficient (Wildman–Crippen LogP) is 5.83. The molecule has 3 rings (SSSR count). The van der Waals surface area contributed by atoms with Gasteiger partial charge >= 0.3 is 0 Å². The lowest BCUT2D eigenvalue weighted by Gasteiger charge is -2.11. The molecule has 2 heterocycles. The van der Waals surface area contributed by atoms with Crippen molar-refractivity contribution in [3.8, 4) is 5.88 Å². The molecule has 0 saturated carbocycles. The molecule has 194 valence electrons. The molecule has 9 nitrogen and oxygen atoms in total. The van der Waals surface area contributed by atoms with Crippen LogP contribution in [0.5, 0.6) is 5.88 Å². The number of aliphatic hydroxyl groups is 1. The first kappa shape index (κ1) is 30.0. The third-order valence-corrected chi connectivity index (χ3v) is 4.12. The van der Waals surface area contributed by atoms with Crippen LogP contribution in [0, 0.1) is 5.82 Å². The lowest BCUT2D eigenvalue weighted by atomic mass is 10.2. The van der Waals surface area contributed by atoms with E-state index in [2.05, 4.69) is 37.5 Å². The minimum Gasteiger partial charge on any atom is -0.478 e. The summed E-state index contributed by atoms with van der Waals surface area (Å²) in [5.74, 6) is -0.396. The molecule has 0 fully saturated rings. The zero-order valence-corrected chi connectivity index (χ0v) is 21.2. The van der Waals surface area contributed by atoms with Crippen LogP contribution in [0.1, 0.15) is 40.5 Å². The summed E-state index contributed by atoms with van der Waals surface area (Å²) in [6.07, 6.45) is 5.17. The van der Waals surface area contributed by atoms with Crippen LogP contribution < -0.4 is 20.7 Å². The van der Waals surface area contributed by atoms with Gasteiger partial charge in [-0.2, -0.15) is 4.98 Å². The van der Waals surface area contributed by atoms with Crippen molar-refractivity contribution in [3.63, 3.8) is 0 Å². The van der Waals surface area contributed by atoms with Gasteiger partial charge in [0.2, 0.25) is 17.7 Å². The molecular weight excluding hydrogens is 463 g/mol. The molecule has 2 aromatic heterocycles. The number of aliphatic hydroxyl groups excluding tert-OH is 1. The largest absolute Gasteiger partial charge is 0.478 e. The van der Waals surface area contributed by atoms with Gasteiger partial charge in [-0.15, -0.1) is 0 Å². The topological polar surface area (TPSA) is 121 Å². The number of aromatic nitrogens is 3. The molecule has 0 unspecified atom stereocenters. The average Bonchev–Trinajstić information content (AvgIpc) is 2.92. The van der Waals surface area contributed by atoms with Crippen LogP contribution in [0.4, 0.5) is 33.2 Å². The van der Waals surface area contributed by atoms with Gasteiger partial charge in [-0.1, -0.05) is 40.3 Å². The fraction of sp³-hybridized carbons (Fsp3) is 0.308. The zero-order valence-electron chi connectivity index (χ0n) is 21.2. The molecule has 10 heteroatoms. The smallest absolute Gasteiger partial charge is 0.247 e. The molecule has 4 N–H and O–H groups in total. The summed E-state index contributed by atoms with van der Waals surface area (Å²) in [5, 5.41) is 17.2. The van der Waals surface area contributed by atoms with Gasteiger partial charge in [0.05, 0.1) is 24.7 Å². The summed E-state index contributed by atoms with van der Waals surface area (Å²) >= 11 is 0. The SMILES string of the molecule is C=CC(=O)Nc1cccc(Nc2nc(Nc3ccc(OCCCCO)nc3)ncc2F)c1.CC.CC. The lowest BCUT2D eigenvalue weighted by molar-refractivity contribution is -0.111. The molecule has 0 bridgehead atoms. The van der Waals surface area contributed by atoms with E-state index in [1.807, 2.05) is 27.7 Å². The standard InChI is InChI=1S/C22H23FN6O3.2C2H6/c1-2-19(31)26-15-6-5-7-16(12-15)27-21-18(23)14-25-22(29-21)28-17-8-9-20(24-13-17)32-11-4-3-10-30;2*1-2/h2,5-9,12-14,30H,1,3-4,10-11H2,(H,26,31)(H2,25,27,28,29);2*1-2H3. The van der Waals surface area contributed by atoms with E-state index in [1.54, 1.807) is 42.6 Å². The zero-order chi connectivity index (χ0) is 26.8.